The number of halogens is 3. The molecule has 0 aliphatic heterocycles. The van der Waals surface area contributed by atoms with Crippen LogP contribution in [0.4, 0.5) is 13.2 Å². The molecular weight excluding hydrogens is 271 g/mol. The fourth-order valence-electron chi connectivity index (χ4n) is 1.56. The molecule has 0 aromatic heterocycles. The Bertz CT molecular complexity index is 416. The lowest BCUT2D eigenvalue weighted by atomic mass is 10.1. The summed E-state index contributed by atoms with van der Waals surface area (Å²) in [5.41, 5.74) is 5.48. The van der Waals surface area contributed by atoms with Crippen LogP contribution in [-0.4, -0.2) is 11.8 Å². The van der Waals surface area contributed by atoms with Crippen LogP contribution in [0.5, 0.6) is 0 Å². The Hall–Kier alpha value is -0.680. The minimum absolute atomic E-state index is 0.140. The number of nitrogens with two attached hydrogens (primary N) is 1. The minimum Gasteiger partial charge on any atom is -0.330 e. The second-order valence-electron chi connectivity index (χ2n) is 4.93. The number of hydrogen-bond acceptors (Lipinski definition) is 2. The zero-order chi connectivity index (χ0) is 14.6. The van der Waals surface area contributed by atoms with Gasteiger partial charge in [0.05, 0.1) is 5.56 Å². The molecule has 19 heavy (non-hydrogen) atoms. The van der Waals surface area contributed by atoms with Crippen LogP contribution in [-0.2, 0) is 12.6 Å². The Kier molecular flexibility index (Phi) is 5.74. The fraction of sp³-hybridized carbons (Fsp3) is 0.571. The van der Waals surface area contributed by atoms with E-state index in [1.54, 1.807) is 12.1 Å². The lowest BCUT2D eigenvalue weighted by molar-refractivity contribution is -0.139. The molecule has 108 valence electrons. The van der Waals surface area contributed by atoms with E-state index < -0.39 is 11.7 Å². The van der Waals surface area contributed by atoms with Gasteiger partial charge in [-0.05, 0) is 36.6 Å². The monoisotopic (exact) mass is 291 g/mol. The van der Waals surface area contributed by atoms with Crippen LogP contribution < -0.4 is 5.73 Å². The first-order chi connectivity index (χ1) is 8.75. The first-order valence-electron chi connectivity index (χ1n) is 6.32. The van der Waals surface area contributed by atoms with E-state index in [1.165, 1.54) is 17.8 Å². The minimum atomic E-state index is -4.32. The van der Waals surface area contributed by atoms with E-state index >= 15 is 0 Å². The maximum Gasteiger partial charge on any atom is 0.417 e. The summed E-state index contributed by atoms with van der Waals surface area (Å²) in [7, 11) is 0. The van der Waals surface area contributed by atoms with Crippen LogP contribution in [0.3, 0.4) is 0 Å². The Labute approximate surface area is 116 Å². The van der Waals surface area contributed by atoms with Crippen LogP contribution in [0.2, 0.25) is 0 Å². The third kappa shape index (κ3) is 4.73. The van der Waals surface area contributed by atoms with Gasteiger partial charge in [-0.25, -0.2) is 0 Å². The van der Waals surface area contributed by atoms with Gasteiger partial charge in [-0.2, -0.15) is 13.2 Å². The Balaban J connectivity index is 3.09. The second-order valence-corrected chi connectivity index (χ2v) is 6.35. The molecule has 5 heteroatoms. The number of thioether (sulfide) groups is 1. The van der Waals surface area contributed by atoms with Crippen molar-refractivity contribution in [1.29, 1.82) is 0 Å². The maximum atomic E-state index is 13.1. The lowest BCUT2D eigenvalue weighted by Crippen LogP contribution is -2.12. The van der Waals surface area contributed by atoms with Crippen LogP contribution in [0.15, 0.2) is 23.1 Å². The smallest absolute Gasteiger partial charge is 0.330 e. The van der Waals surface area contributed by atoms with Gasteiger partial charge in [-0.3, -0.25) is 0 Å². The summed E-state index contributed by atoms with van der Waals surface area (Å²) in [5, 5.41) is 0.140. The summed E-state index contributed by atoms with van der Waals surface area (Å²) in [5.74, 6) is 0.329. The van der Waals surface area contributed by atoms with Gasteiger partial charge in [0.1, 0.15) is 0 Å². The molecule has 0 bridgehead atoms. The molecule has 1 atom stereocenters. The van der Waals surface area contributed by atoms with E-state index in [2.05, 4.69) is 0 Å². The van der Waals surface area contributed by atoms with Crippen LogP contribution in [0, 0.1) is 5.92 Å². The third-order valence-corrected chi connectivity index (χ3v) is 4.56. The zero-order valence-corrected chi connectivity index (χ0v) is 12.2. The first kappa shape index (κ1) is 16.4. The van der Waals surface area contributed by atoms with Crippen LogP contribution in [0.1, 0.15) is 31.9 Å². The van der Waals surface area contributed by atoms with Crippen molar-refractivity contribution in [3.63, 3.8) is 0 Å². The Morgan fingerprint density at radius 1 is 1.21 bits per heavy atom. The van der Waals surface area contributed by atoms with Gasteiger partial charge in [0.2, 0.25) is 0 Å². The zero-order valence-electron chi connectivity index (χ0n) is 11.4. The molecule has 0 aliphatic carbocycles. The predicted molar refractivity (Wildman–Crippen MR) is 74.4 cm³/mol. The molecule has 2 N–H and O–H groups in total. The number of hydrogen-bond donors (Lipinski definition) is 1. The van der Waals surface area contributed by atoms with Gasteiger partial charge >= 0.3 is 6.18 Å². The normalized spacial score (nSPS) is 13.9. The molecule has 0 spiro atoms. The molecule has 0 saturated carbocycles. The van der Waals surface area contributed by atoms with Crippen molar-refractivity contribution in [2.45, 2.75) is 43.5 Å². The van der Waals surface area contributed by atoms with Gasteiger partial charge < -0.3 is 5.73 Å². The molecule has 0 fully saturated rings. The summed E-state index contributed by atoms with van der Waals surface area (Å²) in [6, 6.07) is 4.52. The maximum absolute atomic E-state index is 13.1. The molecule has 1 nitrogen and oxygen atoms in total. The van der Waals surface area contributed by atoms with E-state index in [0.717, 1.165) is 0 Å². The molecule has 0 amide bonds. The van der Waals surface area contributed by atoms with Crippen molar-refractivity contribution >= 4 is 11.8 Å². The second kappa shape index (κ2) is 6.66. The van der Waals surface area contributed by atoms with Crippen molar-refractivity contribution in [1.82, 2.24) is 0 Å². The standard InChI is InChI=1S/C14H20F3NS/c1-9(2)10(3)19-13-5-4-11(6-7-18)8-12(13)14(15,16)17/h4-5,8-10H,6-7,18H2,1-3H3. The highest BCUT2D eigenvalue weighted by atomic mass is 32.2. The predicted octanol–water partition coefficient (Wildman–Crippen LogP) is 4.34. The highest BCUT2D eigenvalue weighted by Gasteiger charge is 2.34. The number of benzene rings is 1. The summed E-state index contributed by atoms with van der Waals surface area (Å²) < 4.78 is 39.2. The summed E-state index contributed by atoms with van der Waals surface area (Å²) in [6.07, 6.45) is -3.85. The average Bonchev–Trinajstić information content (AvgIpc) is 2.29. The summed E-state index contributed by atoms with van der Waals surface area (Å²) in [4.78, 5) is 0.300. The van der Waals surface area contributed by atoms with E-state index in [4.69, 9.17) is 5.73 Å². The van der Waals surface area contributed by atoms with Crippen LogP contribution >= 0.6 is 11.8 Å². The third-order valence-electron chi connectivity index (χ3n) is 3.03. The lowest BCUT2D eigenvalue weighted by Gasteiger charge is -2.19. The van der Waals surface area contributed by atoms with Crippen molar-refractivity contribution in [3.05, 3.63) is 29.3 Å². The molecule has 0 heterocycles. The SMILES string of the molecule is CC(C)C(C)Sc1ccc(CCN)cc1C(F)(F)F. The molecular formula is C14H20F3NS. The number of alkyl halides is 3. The molecule has 0 aliphatic rings. The van der Waals surface area contributed by atoms with E-state index in [1.807, 2.05) is 20.8 Å². The quantitative estimate of drug-likeness (QED) is 0.817. The van der Waals surface area contributed by atoms with Gasteiger partial charge in [-0.15, -0.1) is 11.8 Å². The highest BCUT2D eigenvalue weighted by Crippen LogP contribution is 2.39. The fourth-order valence-corrected chi connectivity index (χ4v) is 2.68. The molecule has 1 rings (SSSR count). The van der Waals surface area contributed by atoms with E-state index in [0.29, 0.717) is 29.3 Å². The highest BCUT2D eigenvalue weighted by molar-refractivity contribution is 8.00. The Morgan fingerprint density at radius 3 is 2.32 bits per heavy atom. The van der Waals surface area contributed by atoms with E-state index in [9.17, 15) is 13.2 Å². The van der Waals surface area contributed by atoms with E-state index in [-0.39, 0.29) is 5.25 Å². The van der Waals surface area contributed by atoms with Crippen molar-refractivity contribution in [2.75, 3.05) is 6.54 Å². The van der Waals surface area contributed by atoms with Gasteiger partial charge in [0.25, 0.3) is 0 Å². The van der Waals surface area contributed by atoms with Crippen molar-refractivity contribution < 1.29 is 13.2 Å². The first-order valence-corrected chi connectivity index (χ1v) is 7.20. The number of rotatable bonds is 5. The van der Waals surface area contributed by atoms with Crippen LogP contribution in [0.25, 0.3) is 0 Å². The molecule has 1 aromatic carbocycles. The Morgan fingerprint density at radius 2 is 1.84 bits per heavy atom. The average molecular weight is 291 g/mol. The summed E-state index contributed by atoms with van der Waals surface area (Å²) in [6.45, 7) is 6.32. The molecule has 0 radical (unpaired) electrons. The van der Waals surface area contributed by atoms with Gasteiger partial charge in [0, 0.05) is 10.1 Å². The van der Waals surface area contributed by atoms with Gasteiger partial charge in [0.15, 0.2) is 0 Å². The largest absolute Gasteiger partial charge is 0.417 e. The topological polar surface area (TPSA) is 26.0 Å². The van der Waals surface area contributed by atoms with Crippen molar-refractivity contribution in [2.24, 2.45) is 11.7 Å². The summed E-state index contributed by atoms with van der Waals surface area (Å²) >= 11 is 1.28. The molecule has 1 unspecified atom stereocenters. The molecule has 0 saturated heterocycles. The molecule has 1 aromatic rings. The van der Waals surface area contributed by atoms with Crippen molar-refractivity contribution in [3.8, 4) is 0 Å². The van der Waals surface area contributed by atoms with Gasteiger partial charge in [-0.1, -0.05) is 26.8 Å².